The predicted octanol–water partition coefficient (Wildman–Crippen LogP) is 22.1. The zero-order valence-electron chi connectivity index (χ0n) is 51.5. The Balaban J connectivity index is 3.34. The summed E-state index contributed by atoms with van der Waals surface area (Å²) < 4.78 is 5.50. The Hall–Kier alpha value is -1.66. The summed E-state index contributed by atoms with van der Waals surface area (Å²) in [5.74, 6) is -0.0187. The lowest BCUT2D eigenvalue weighted by atomic mass is 10.0. The minimum absolute atomic E-state index is 0.0142. The van der Waals surface area contributed by atoms with Crippen LogP contribution >= 0.6 is 0 Å². The molecule has 0 aromatic heterocycles. The molecule has 0 saturated heterocycles. The quantitative estimate of drug-likeness (QED) is 0.0320. The summed E-state index contributed by atoms with van der Waals surface area (Å²) in [6, 6.07) is -0.539. The lowest BCUT2D eigenvalue weighted by Gasteiger charge is -2.22. The molecule has 0 aliphatic rings. The summed E-state index contributed by atoms with van der Waals surface area (Å²) in [7, 11) is 0. The van der Waals surface area contributed by atoms with Crippen LogP contribution in [0.2, 0.25) is 0 Å². The van der Waals surface area contributed by atoms with Gasteiger partial charge in [0.1, 0.15) is 0 Å². The molecule has 0 spiro atoms. The van der Waals surface area contributed by atoms with E-state index in [9.17, 15) is 19.8 Å². The van der Waals surface area contributed by atoms with Crippen LogP contribution in [0.1, 0.15) is 386 Å². The van der Waals surface area contributed by atoms with E-state index in [1.165, 1.54) is 308 Å². The average molecular weight is 1070 g/mol. The first kappa shape index (κ1) is 74.3. The van der Waals surface area contributed by atoms with Gasteiger partial charge in [0.25, 0.3) is 0 Å². The summed E-state index contributed by atoms with van der Waals surface area (Å²) in [4.78, 5) is 24.6. The minimum Gasteiger partial charge on any atom is -0.466 e. The van der Waals surface area contributed by atoms with Gasteiger partial charge in [-0.15, -0.1) is 0 Å². The van der Waals surface area contributed by atoms with Gasteiger partial charge in [-0.3, -0.25) is 9.59 Å². The summed E-state index contributed by atoms with van der Waals surface area (Å²) >= 11 is 0. The van der Waals surface area contributed by atoms with Crippen LogP contribution in [-0.4, -0.2) is 47.4 Å². The van der Waals surface area contributed by atoms with E-state index in [1.54, 1.807) is 0 Å². The molecule has 1 amide bonds. The van der Waals surface area contributed by atoms with Crippen molar-refractivity contribution in [1.29, 1.82) is 0 Å². The maximum absolute atomic E-state index is 12.5. The average Bonchev–Trinajstić information content (AvgIpc) is 3.42. The third-order valence-electron chi connectivity index (χ3n) is 16.2. The Morgan fingerprint density at radius 3 is 0.934 bits per heavy atom. The highest BCUT2D eigenvalue weighted by molar-refractivity contribution is 5.76. The van der Waals surface area contributed by atoms with Crippen molar-refractivity contribution in [3.8, 4) is 0 Å². The summed E-state index contributed by atoms with van der Waals surface area (Å²) in [5, 5.41) is 23.2. The van der Waals surface area contributed by atoms with Crippen LogP contribution in [0.4, 0.5) is 0 Å². The molecule has 0 aliphatic heterocycles. The van der Waals surface area contributed by atoms with E-state index in [-0.39, 0.29) is 18.5 Å². The molecule has 0 heterocycles. The van der Waals surface area contributed by atoms with Gasteiger partial charge in [-0.2, -0.15) is 0 Å². The molecule has 2 unspecified atom stereocenters. The maximum atomic E-state index is 12.5. The van der Waals surface area contributed by atoms with Gasteiger partial charge in [0, 0.05) is 12.8 Å². The molecule has 0 aliphatic carbocycles. The Kier molecular flexibility index (Phi) is 64.4. The van der Waals surface area contributed by atoms with Crippen molar-refractivity contribution >= 4 is 11.9 Å². The first-order chi connectivity index (χ1) is 37.5. The van der Waals surface area contributed by atoms with Crippen LogP contribution in [0.3, 0.4) is 0 Å². The monoisotopic (exact) mass is 1070 g/mol. The van der Waals surface area contributed by atoms with E-state index in [0.717, 1.165) is 44.9 Å². The van der Waals surface area contributed by atoms with Gasteiger partial charge in [0.2, 0.25) is 5.91 Å². The minimum atomic E-state index is -0.662. The second kappa shape index (κ2) is 65.9. The lowest BCUT2D eigenvalue weighted by Crippen LogP contribution is -2.45. The number of allylic oxidation sites excluding steroid dienone is 4. The van der Waals surface area contributed by atoms with Crippen LogP contribution in [-0.2, 0) is 14.3 Å². The summed E-state index contributed by atoms with van der Waals surface area (Å²) in [6.45, 7) is 4.97. The molecule has 0 aromatic rings. The van der Waals surface area contributed by atoms with Crippen LogP contribution in [0.15, 0.2) is 24.3 Å². The molecule has 450 valence electrons. The Labute approximate surface area is 475 Å². The number of nitrogens with one attached hydrogen (secondary N) is 1. The summed E-state index contributed by atoms with van der Waals surface area (Å²) in [5.41, 5.74) is 0. The molecule has 3 N–H and O–H groups in total. The Morgan fingerprint density at radius 2 is 0.618 bits per heavy atom. The van der Waals surface area contributed by atoms with Crippen molar-refractivity contribution < 1.29 is 24.5 Å². The van der Waals surface area contributed by atoms with Crippen molar-refractivity contribution in [3.63, 3.8) is 0 Å². The van der Waals surface area contributed by atoms with Gasteiger partial charge in [-0.05, 0) is 77.0 Å². The van der Waals surface area contributed by atoms with Gasteiger partial charge in [-0.1, -0.05) is 321 Å². The number of carbonyl (C=O) groups is 2. The summed E-state index contributed by atoms with van der Waals surface area (Å²) in [6.07, 6.45) is 82.3. The van der Waals surface area contributed by atoms with Crippen molar-refractivity contribution in [2.24, 2.45) is 0 Å². The highest BCUT2D eigenvalue weighted by Gasteiger charge is 2.20. The van der Waals surface area contributed by atoms with Gasteiger partial charge in [0.05, 0.1) is 25.4 Å². The highest BCUT2D eigenvalue weighted by atomic mass is 16.5. The molecular formula is C70H135NO5. The van der Waals surface area contributed by atoms with Gasteiger partial charge in [0.15, 0.2) is 0 Å². The number of amides is 1. The fourth-order valence-corrected chi connectivity index (χ4v) is 10.9. The molecule has 6 heteroatoms. The maximum Gasteiger partial charge on any atom is 0.305 e. The molecule has 2 atom stereocenters. The number of carbonyl (C=O) groups excluding carboxylic acids is 2. The number of hydrogen-bond donors (Lipinski definition) is 3. The molecule has 0 rings (SSSR count). The Morgan fingerprint density at radius 1 is 0.355 bits per heavy atom. The predicted molar refractivity (Wildman–Crippen MR) is 333 cm³/mol. The largest absolute Gasteiger partial charge is 0.466 e. The molecule has 0 aromatic carbocycles. The van der Waals surface area contributed by atoms with E-state index in [0.29, 0.717) is 25.9 Å². The fourth-order valence-electron chi connectivity index (χ4n) is 10.9. The number of rotatable bonds is 65. The first-order valence-electron chi connectivity index (χ1n) is 34.6. The lowest BCUT2D eigenvalue weighted by molar-refractivity contribution is -0.143. The number of aliphatic hydroxyl groups excluding tert-OH is 2. The number of esters is 1. The first-order valence-corrected chi connectivity index (χ1v) is 34.6. The van der Waals surface area contributed by atoms with Crippen molar-refractivity contribution in [2.75, 3.05) is 13.2 Å². The molecule has 6 nitrogen and oxygen atoms in total. The molecular weight excluding hydrogens is 935 g/mol. The molecule has 0 fully saturated rings. The second-order valence-corrected chi connectivity index (χ2v) is 23.9. The number of hydrogen-bond acceptors (Lipinski definition) is 5. The van der Waals surface area contributed by atoms with Crippen molar-refractivity contribution in [2.45, 2.75) is 398 Å². The highest BCUT2D eigenvalue weighted by Crippen LogP contribution is 2.18. The zero-order valence-corrected chi connectivity index (χ0v) is 51.5. The van der Waals surface area contributed by atoms with E-state index in [1.807, 2.05) is 0 Å². The van der Waals surface area contributed by atoms with Crippen LogP contribution < -0.4 is 5.32 Å². The van der Waals surface area contributed by atoms with E-state index in [4.69, 9.17) is 4.74 Å². The third kappa shape index (κ3) is 61.6. The molecule has 0 bridgehead atoms. The fraction of sp³-hybridized carbons (Fsp3) is 0.914. The van der Waals surface area contributed by atoms with Crippen LogP contribution in [0.25, 0.3) is 0 Å². The van der Waals surface area contributed by atoms with E-state index < -0.39 is 12.1 Å². The van der Waals surface area contributed by atoms with Crippen molar-refractivity contribution in [1.82, 2.24) is 5.32 Å². The van der Waals surface area contributed by atoms with Gasteiger partial charge < -0.3 is 20.3 Å². The molecule has 0 saturated carbocycles. The van der Waals surface area contributed by atoms with E-state index in [2.05, 4.69) is 43.5 Å². The topological polar surface area (TPSA) is 95.9 Å². The number of aliphatic hydroxyl groups is 2. The smallest absolute Gasteiger partial charge is 0.305 e. The second-order valence-electron chi connectivity index (χ2n) is 23.9. The molecule has 76 heavy (non-hydrogen) atoms. The SMILES string of the molecule is CCCCCCCCC/C=C\CCCCCCCCCC(=O)OCCCCCCCCCCCCCC/C=C\CCCCCCCCCCCCCCCC(=O)NC(CO)C(O)CCCCCCCCCCCCCC. The third-order valence-corrected chi connectivity index (χ3v) is 16.2. The van der Waals surface area contributed by atoms with Crippen LogP contribution in [0.5, 0.6) is 0 Å². The number of ether oxygens (including phenoxy) is 1. The zero-order chi connectivity index (χ0) is 55.0. The number of unbranched alkanes of at least 4 members (excludes halogenated alkanes) is 50. The van der Waals surface area contributed by atoms with E-state index >= 15 is 0 Å². The van der Waals surface area contributed by atoms with Gasteiger partial charge in [-0.25, -0.2) is 0 Å². The Bertz CT molecular complexity index is 1190. The van der Waals surface area contributed by atoms with Crippen molar-refractivity contribution in [3.05, 3.63) is 24.3 Å². The molecule has 0 radical (unpaired) electrons. The normalized spacial score (nSPS) is 12.6. The van der Waals surface area contributed by atoms with Crippen LogP contribution in [0, 0.1) is 0 Å². The standard InChI is InChI=1S/C70H135NO5/c1-3-5-7-9-11-13-15-17-18-19-34-37-40-44-48-52-56-60-64-70(75)76-65-61-57-53-49-45-41-38-35-32-30-28-26-24-22-20-21-23-25-27-29-31-33-36-39-43-47-51-55-59-63-69(74)71-67(66-72)68(73)62-58-54-50-46-42-16-14-12-10-8-6-4-2/h18-20,22,67-68,72-73H,3-17,21,23-66H2,1-2H3,(H,71,74)/b19-18-,22-20-. The van der Waals surface area contributed by atoms with Gasteiger partial charge >= 0.3 is 5.97 Å².